The second-order valence-electron chi connectivity index (χ2n) is 8.75. The molecule has 0 saturated heterocycles. The van der Waals surface area contributed by atoms with E-state index in [1.54, 1.807) is 30.3 Å². The molecule has 190 valence electrons. The number of nitrogen functional groups attached to an aromatic ring is 1. The van der Waals surface area contributed by atoms with Crippen molar-refractivity contribution in [3.8, 4) is 11.5 Å². The summed E-state index contributed by atoms with van der Waals surface area (Å²) in [5.41, 5.74) is 10.3. The molecule has 5 aromatic rings. The predicted molar refractivity (Wildman–Crippen MR) is 150 cm³/mol. The molecular weight excluding hydrogens is 502 g/mol. The Hall–Kier alpha value is -4.67. The average molecular weight is 526 g/mol. The average Bonchev–Trinajstić information content (AvgIpc) is 2.87. The van der Waals surface area contributed by atoms with Gasteiger partial charge in [0.15, 0.2) is 17.2 Å². The summed E-state index contributed by atoms with van der Waals surface area (Å²) >= 11 is -2.64. The van der Waals surface area contributed by atoms with Crippen molar-refractivity contribution < 1.29 is 18.1 Å². The van der Waals surface area contributed by atoms with Crippen LogP contribution < -0.4 is 9.92 Å². The van der Waals surface area contributed by atoms with E-state index in [9.17, 15) is 13.9 Å². The van der Waals surface area contributed by atoms with E-state index in [0.717, 1.165) is 27.6 Å². The molecule has 0 aromatic heterocycles. The van der Waals surface area contributed by atoms with Crippen LogP contribution in [-0.2, 0) is 11.4 Å². The van der Waals surface area contributed by atoms with Crippen molar-refractivity contribution in [3.05, 3.63) is 90.0 Å². The van der Waals surface area contributed by atoms with E-state index in [1.165, 1.54) is 6.07 Å². The molecule has 5 rings (SSSR count). The van der Waals surface area contributed by atoms with Gasteiger partial charge >= 0.3 is 11.4 Å². The van der Waals surface area contributed by atoms with Crippen molar-refractivity contribution >= 4 is 61.3 Å². The molecule has 4 N–H and O–H groups in total. The molecule has 0 fully saturated rings. The van der Waals surface area contributed by atoms with E-state index in [1.807, 2.05) is 50.2 Å². The molecule has 0 heterocycles. The molecule has 0 radical (unpaired) electrons. The standard InChI is InChI=1S/C28H23N5O4S/c1-16-11-17(2)13-20(12-16)30-31-24-9-10-25(22-6-4-3-5-21(22)24)32-33-27-26(37-38(35)36)14-18-7-8-19(29)15-23(18)28(27)34/h3-15,34H,29H2,1-2H3,(H,35,36). The molecule has 0 aliphatic carbocycles. The maximum absolute atomic E-state index is 11.4. The number of phenols is 1. The van der Waals surface area contributed by atoms with Crippen LogP contribution >= 0.6 is 0 Å². The third kappa shape index (κ3) is 5.22. The first-order valence-electron chi connectivity index (χ1n) is 11.6. The van der Waals surface area contributed by atoms with Gasteiger partial charge in [0.1, 0.15) is 0 Å². The zero-order valence-corrected chi connectivity index (χ0v) is 21.3. The molecule has 5 aromatic carbocycles. The van der Waals surface area contributed by atoms with Crippen molar-refractivity contribution in [1.29, 1.82) is 0 Å². The zero-order chi connectivity index (χ0) is 26.8. The van der Waals surface area contributed by atoms with Crippen molar-refractivity contribution in [2.24, 2.45) is 20.5 Å². The maximum atomic E-state index is 11.4. The fraction of sp³-hybridized carbons (Fsp3) is 0.0714. The van der Waals surface area contributed by atoms with Crippen LogP contribution in [0, 0.1) is 13.8 Å². The Bertz CT molecular complexity index is 1770. The van der Waals surface area contributed by atoms with Crippen LogP contribution in [-0.4, -0.2) is 13.9 Å². The first-order valence-corrected chi connectivity index (χ1v) is 12.6. The minimum Gasteiger partial charge on any atom is -0.505 e. The predicted octanol–water partition coefficient (Wildman–Crippen LogP) is 8.24. The monoisotopic (exact) mass is 525 g/mol. The van der Waals surface area contributed by atoms with E-state index < -0.39 is 11.4 Å². The van der Waals surface area contributed by atoms with Gasteiger partial charge in [0.25, 0.3) is 0 Å². The van der Waals surface area contributed by atoms with Gasteiger partial charge in [0.05, 0.1) is 17.1 Å². The molecule has 1 unspecified atom stereocenters. The van der Waals surface area contributed by atoms with Crippen LogP contribution in [0.2, 0.25) is 0 Å². The Labute approximate surface area is 220 Å². The van der Waals surface area contributed by atoms with Crippen molar-refractivity contribution in [2.75, 3.05) is 5.73 Å². The highest BCUT2D eigenvalue weighted by atomic mass is 32.2. The highest BCUT2D eigenvalue weighted by Gasteiger charge is 2.17. The SMILES string of the molecule is Cc1cc(C)cc(N=Nc2ccc(N=Nc3c(OS(=O)O)cc4ccc(N)cc4c3O)c3ccccc23)c1. The van der Waals surface area contributed by atoms with Gasteiger partial charge in [0, 0.05) is 21.8 Å². The first-order chi connectivity index (χ1) is 18.3. The lowest BCUT2D eigenvalue weighted by Gasteiger charge is -2.10. The van der Waals surface area contributed by atoms with Crippen LogP contribution in [0.15, 0.2) is 99.3 Å². The Morgan fingerprint density at radius 3 is 2.03 bits per heavy atom. The summed E-state index contributed by atoms with van der Waals surface area (Å²) in [6.45, 7) is 4.02. The summed E-state index contributed by atoms with van der Waals surface area (Å²) < 4.78 is 25.7. The number of azo groups is 2. The van der Waals surface area contributed by atoms with Gasteiger partial charge in [-0.1, -0.05) is 36.4 Å². The van der Waals surface area contributed by atoms with E-state index in [2.05, 4.69) is 26.5 Å². The number of hydrogen-bond acceptors (Lipinski definition) is 8. The van der Waals surface area contributed by atoms with Gasteiger partial charge in [-0.3, -0.25) is 4.55 Å². The first kappa shape index (κ1) is 25.0. The summed E-state index contributed by atoms with van der Waals surface area (Å²) in [7, 11) is 0. The van der Waals surface area contributed by atoms with Crippen LogP contribution in [0.3, 0.4) is 0 Å². The van der Waals surface area contributed by atoms with Crippen molar-refractivity contribution in [2.45, 2.75) is 13.8 Å². The van der Waals surface area contributed by atoms with E-state index in [0.29, 0.717) is 27.8 Å². The number of fused-ring (bicyclic) bond motifs is 2. The number of nitrogens with zero attached hydrogens (tertiary/aromatic N) is 4. The lowest BCUT2D eigenvalue weighted by atomic mass is 10.1. The van der Waals surface area contributed by atoms with E-state index >= 15 is 0 Å². The highest BCUT2D eigenvalue weighted by Crippen LogP contribution is 2.45. The summed E-state index contributed by atoms with van der Waals surface area (Å²) in [4.78, 5) is 0. The van der Waals surface area contributed by atoms with Crippen molar-refractivity contribution in [3.63, 3.8) is 0 Å². The molecule has 0 amide bonds. The number of anilines is 1. The number of aromatic hydroxyl groups is 1. The summed E-state index contributed by atoms with van der Waals surface area (Å²) in [5, 5.41) is 30.9. The molecule has 0 aliphatic heterocycles. The minimum atomic E-state index is -2.64. The highest BCUT2D eigenvalue weighted by molar-refractivity contribution is 7.74. The molecule has 10 heteroatoms. The number of aryl methyl sites for hydroxylation is 2. The van der Waals surface area contributed by atoms with Crippen LogP contribution in [0.25, 0.3) is 21.5 Å². The maximum Gasteiger partial charge on any atom is 0.357 e. The van der Waals surface area contributed by atoms with Crippen LogP contribution in [0.4, 0.5) is 28.4 Å². The van der Waals surface area contributed by atoms with Gasteiger partial charge in [-0.05, 0) is 72.8 Å². The number of phenolic OH excluding ortho intramolecular Hbond substituents is 1. The van der Waals surface area contributed by atoms with E-state index in [4.69, 9.17) is 9.92 Å². The normalized spacial score (nSPS) is 12.6. The fourth-order valence-electron chi connectivity index (χ4n) is 4.26. The van der Waals surface area contributed by atoms with Gasteiger partial charge in [-0.2, -0.15) is 9.32 Å². The molecular formula is C28H23N5O4S. The summed E-state index contributed by atoms with van der Waals surface area (Å²) in [6.07, 6.45) is 0. The smallest absolute Gasteiger partial charge is 0.357 e. The minimum absolute atomic E-state index is 0.104. The number of benzene rings is 5. The topological polar surface area (TPSA) is 142 Å². The molecule has 0 spiro atoms. The van der Waals surface area contributed by atoms with Gasteiger partial charge in [-0.25, -0.2) is 0 Å². The molecule has 9 nitrogen and oxygen atoms in total. The number of nitrogens with two attached hydrogens (primary N) is 1. The van der Waals surface area contributed by atoms with Gasteiger partial charge < -0.3 is 15.0 Å². The summed E-state index contributed by atoms with van der Waals surface area (Å²) in [5.74, 6) is -0.380. The Morgan fingerprint density at radius 2 is 1.39 bits per heavy atom. The second kappa shape index (κ2) is 10.4. The lowest BCUT2D eigenvalue weighted by Crippen LogP contribution is -1.98. The van der Waals surface area contributed by atoms with Crippen molar-refractivity contribution in [1.82, 2.24) is 0 Å². The Balaban J connectivity index is 1.58. The van der Waals surface area contributed by atoms with Gasteiger partial charge in [0.2, 0.25) is 0 Å². The molecule has 0 aliphatic rings. The summed E-state index contributed by atoms with van der Waals surface area (Å²) in [6, 6.07) is 23.4. The van der Waals surface area contributed by atoms with E-state index in [-0.39, 0.29) is 17.2 Å². The number of hydrogen-bond donors (Lipinski definition) is 3. The third-order valence-electron chi connectivity index (χ3n) is 5.85. The molecule has 0 saturated carbocycles. The Morgan fingerprint density at radius 1 is 0.763 bits per heavy atom. The lowest BCUT2D eigenvalue weighted by molar-refractivity contribution is 0.452. The quantitative estimate of drug-likeness (QED) is 0.116. The number of rotatable bonds is 6. The fourth-order valence-corrected chi connectivity index (χ4v) is 4.54. The second-order valence-corrected chi connectivity index (χ2v) is 9.35. The molecule has 0 bridgehead atoms. The zero-order valence-electron chi connectivity index (χ0n) is 20.5. The van der Waals surface area contributed by atoms with Crippen LogP contribution in [0.1, 0.15) is 11.1 Å². The van der Waals surface area contributed by atoms with Crippen LogP contribution in [0.5, 0.6) is 11.5 Å². The molecule has 38 heavy (non-hydrogen) atoms. The largest absolute Gasteiger partial charge is 0.505 e. The van der Waals surface area contributed by atoms with Gasteiger partial charge in [-0.15, -0.1) is 15.3 Å². The Kier molecular flexibility index (Phi) is 6.82. The third-order valence-corrected chi connectivity index (χ3v) is 6.18. The molecule has 1 atom stereocenters.